The van der Waals surface area contributed by atoms with Gasteiger partial charge in [-0.05, 0) is 16.7 Å². The number of benzene rings is 2. The maximum atomic E-state index is 12.7. The molecule has 22 heavy (non-hydrogen) atoms. The van der Waals surface area contributed by atoms with Gasteiger partial charge in [-0.1, -0.05) is 54.6 Å². The average Bonchev–Trinajstić information content (AvgIpc) is 2.53. The predicted molar refractivity (Wildman–Crippen MR) is 86.5 cm³/mol. The molecule has 2 aromatic carbocycles. The third-order valence-electron chi connectivity index (χ3n) is 4.84. The Morgan fingerprint density at radius 1 is 1.00 bits per heavy atom. The van der Waals surface area contributed by atoms with Crippen LogP contribution in [0.5, 0.6) is 0 Å². The van der Waals surface area contributed by atoms with Crippen molar-refractivity contribution in [1.29, 1.82) is 0 Å². The molecule has 2 heterocycles. The van der Waals surface area contributed by atoms with Crippen molar-refractivity contribution in [3.8, 4) is 0 Å². The van der Waals surface area contributed by atoms with E-state index in [-0.39, 0.29) is 11.8 Å². The normalized spacial score (nSPS) is 21.1. The number of carbonyl (C=O) groups is 1. The van der Waals surface area contributed by atoms with Crippen LogP contribution in [0.15, 0.2) is 54.6 Å². The van der Waals surface area contributed by atoms with Crippen LogP contribution >= 0.6 is 0 Å². The second kappa shape index (κ2) is 5.58. The summed E-state index contributed by atoms with van der Waals surface area (Å²) in [6.07, 6.45) is 0. The van der Waals surface area contributed by atoms with Crippen molar-refractivity contribution < 1.29 is 4.79 Å². The lowest BCUT2D eigenvalue weighted by Gasteiger charge is -2.39. The van der Waals surface area contributed by atoms with Crippen molar-refractivity contribution in [2.24, 2.45) is 5.92 Å². The molecule has 0 bridgehead atoms. The first-order chi connectivity index (χ1) is 10.8. The predicted octanol–water partition coefficient (Wildman–Crippen LogP) is 2.38. The highest BCUT2D eigenvalue weighted by Crippen LogP contribution is 2.34. The van der Waals surface area contributed by atoms with Crippen molar-refractivity contribution in [3.05, 3.63) is 71.3 Å². The zero-order valence-corrected chi connectivity index (χ0v) is 12.5. The van der Waals surface area contributed by atoms with E-state index < -0.39 is 0 Å². The molecule has 112 valence electrons. The Morgan fingerprint density at radius 3 is 2.45 bits per heavy atom. The minimum atomic E-state index is 0.168. The molecule has 1 atom stereocenters. The standard InChI is InChI=1S/C19H20N2O/c22-19(16-10-20-11-16)21-12-15-8-4-5-9-17(15)18(13-21)14-6-2-1-3-7-14/h1-9,16,18,20H,10-13H2. The quantitative estimate of drug-likeness (QED) is 0.921. The van der Waals surface area contributed by atoms with Gasteiger partial charge >= 0.3 is 0 Å². The highest BCUT2D eigenvalue weighted by Gasteiger charge is 2.34. The van der Waals surface area contributed by atoms with Gasteiger partial charge in [-0.2, -0.15) is 0 Å². The van der Waals surface area contributed by atoms with Crippen LogP contribution in [0.4, 0.5) is 0 Å². The SMILES string of the molecule is O=C(C1CNC1)N1Cc2ccccc2C(c2ccccc2)C1. The van der Waals surface area contributed by atoms with Gasteiger partial charge in [-0.15, -0.1) is 0 Å². The molecule has 0 spiro atoms. The first kappa shape index (κ1) is 13.5. The maximum absolute atomic E-state index is 12.7. The number of amides is 1. The van der Waals surface area contributed by atoms with E-state index in [1.165, 1.54) is 16.7 Å². The third kappa shape index (κ3) is 2.32. The summed E-state index contributed by atoms with van der Waals surface area (Å²) in [4.78, 5) is 14.7. The second-order valence-corrected chi connectivity index (χ2v) is 6.24. The molecule has 1 amide bonds. The first-order valence-corrected chi connectivity index (χ1v) is 7.95. The lowest BCUT2D eigenvalue weighted by molar-refractivity contribution is -0.138. The van der Waals surface area contributed by atoms with Crippen molar-refractivity contribution in [1.82, 2.24) is 10.2 Å². The lowest BCUT2D eigenvalue weighted by atomic mass is 9.84. The molecule has 1 fully saturated rings. The molecule has 1 unspecified atom stereocenters. The van der Waals surface area contributed by atoms with E-state index in [4.69, 9.17) is 0 Å². The largest absolute Gasteiger partial charge is 0.337 e. The first-order valence-electron chi connectivity index (χ1n) is 7.95. The number of nitrogens with one attached hydrogen (secondary N) is 1. The van der Waals surface area contributed by atoms with Crippen LogP contribution in [0.2, 0.25) is 0 Å². The number of carbonyl (C=O) groups excluding carboxylic acids is 1. The zero-order chi connectivity index (χ0) is 14.9. The Balaban J connectivity index is 1.69. The summed E-state index contributed by atoms with van der Waals surface area (Å²) in [5.74, 6) is 0.749. The molecule has 1 saturated heterocycles. The minimum Gasteiger partial charge on any atom is -0.337 e. The molecule has 1 N–H and O–H groups in total. The van der Waals surface area contributed by atoms with Crippen LogP contribution < -0.4 is 5.32 Å². The van der Waals surface area contributed by atoms with E-state index in [2.05, 4.69) is 53.8 Å². The molecule has 0 saturated carbocycles. The highest BCUT2D eigenvalue weighted by molar-refractivity contribution is 5.80. The number of hydrogen-bond acceptors (Lipinski definition) is 2. The van der Waals surface area contributed by atoms with Gasteiger partial charge in [0.2, 0.25) is 5.91 Å². The molecule has 3 nitrogen and oxygen atoms in total. The Bertz CT molecular complexity index is 679. The number of rotatable bonds is 2. The van der Waals surface area contributed by atoms with Crippen LogP contribution in [0.3, 0.4) is 0 Å². The maximum Gasteiger partial charge on any atom is 0.228 e. The van der Waals surface area contributed by atoms with E-state index in [0.29, 0.717) is 5.91 Å². The van der Waals surface area contributed by atoms with E-state index in [0.717, 1.165) is 26.2 Å². The van der Waals surface area contributed by atoms with E-state index in [1.54, 1.807) is 0 Å². The third-order valence-corrected chi connectivity index (χ3v) is 4.84. The van der Waals surface area contributed by atoms with Crippen molar-refractivity contribution in [3.63, 3.8) is 0 Å². The summed E-state index contributed by atoms with van der Waals surface area (Å²) in [6.45, 7) is 3.19. The number of nitrogens with zero attached hydrogens (tertiary/aromatic N) is 1. The fraction of sp³-hybridized carbons (Fsp3) is 0.316. The van der Waals surface area contributed by atoms with Gasteiger partial charge < -0.3 is 10.2 Å². The topological polar surface area (TPSA) is 32.3 Å². The summed E-state index contributed by atoms with van der Waals surface area (Å²) in [5.41, 5.74) is 3.94. The number of fused-ring (bicyclic) bond motifs is 1. The van der Waals surface area contributed by atoms with E-state index in [1.807, 2.05) is 11.0 Å². The van der Waals surface area contributed by atoms with Gasteiger partial charge in [0.1, 0.15) is 0 Å². The minimum absolute atomic E-state index is 0.168. The van der Waals surface area contributed by atoms with Crippen LogP contribution in [0.1, 0.15) is 22.6 Å². The Kier molecular flexibility index (Phi) is 3.43. The summed E-state index contributed by atoms with van der Waals surface area (Å²) < 4.78 is 0. The van der Waals surface area contributed by atoms with Crippen LogP contribution in [0, 0.1) is 5.92 Å². The molecule has 2 aliphatic rings. The second-order valence-electron chi connectivity index (χ2n) is 6.24. The Labute approximate surface area is 131 Å². The fourth-order valence-electron chi connectivity index (χ4n) is 3.47. The molecule has 0 aliphatic carbocycles. The lowest BCUT2D eigenvalue weighted by Crippen LogP contribution is -2.53. The number of hydrogen-bond donors (Lipinski definition) is 1. The summed E-state index contributed by atoms with van der Waals surface area (Å²) in [7, 11) is 0. The summed E-state index contributed by atoms with van der Waals surface area (Å²) >= 11 is 0. The molecular formula is C19H20N2O. The van der Waals surface area contributed by atoms with Crippen molar-refractivity contribution in [2.45, 2.75) is 12.5 Å². The van der Waals surface area contributed by atoms with Crippen LogP contribution in [-0.4, -0.2) is 30.4 Å². The van der Waals surface area contributed by atoms with Gasteiger partial charge in [0.25, 0.3) is 0 Å². The van der Waals surface area contributed by atoms with Crippen LogP contribution in [-0.2, 0) is 11.3 Å². The van der Waals surface area contributed by atoms with E-state index in [9.17, 15) is 4.79 Å². The van der Waals surface area contributed by atoms with Gasteiger partial charge in [0.15, 0.2) is 0 Å². The molecule has 0 radical (unpaired) electrons. The zero-order valence-electron chi connectivity index (χ0n) is 12.5. The Hall–Kier alpha value is -2.13. The molecule has 3 heteroatoms. The van der Waals surface area contributed by atoms with Crippen molar-refractivity contribution in [2.75, 3.05) is 19.6 Å². The van der Waals surface area contributed by atoms with Crippen LogP contribution in [0.25, 0.3) is 0 Å². The van der Waals surface area contributed by atoms with Gasteiger partial charge in [-0.3, -0.25) is 4.79 Å². The van der Waals surface area contributed by atoms with Gasteiger partial charge in [0.05, 0.1) is 5.92 Å². The van der Waals surface area contributed by atoms with E-state index >= 15 is 0 Å². The molecule has 2 aromatic rings. The average molecular weight is 292 g/mol. The van der Waals surface area contributed by atoms with Crippen molar-refractivity contribution >= 4 is 5.91 Å². The molecule has 4 rings (SSSR count). The smallest absolute Gasteiger partial charge is 0.228 e. The summed E-state index contributed by atoms with van der Waals surface area (Å²) in [5, 5.41) is 3.20. The van der Waals surface area contributed by atoms with Gasteiger partial charge in [-0.25, -0.2) is 0 Å². The molecule has 0 aromatic heterocycles. The molecular weight excluding hydrogens is 272 g/mol. The summed E-state index contributed by atoms with van der Waals surface area (Å²) in [6, 6.07) is 19.1. The molecule has 2 aliphatic heterocycles. The highest BCUT2D eigenvalue weighted by atomic mass is 16.2. The fourth-order valence-corrected chi connectivity index (χ4v) is 3.47. The van der Waals surface area contributed by atoms with Gasteiger partial charge in [0, 0.05) is 32.1 Å². The monoisotopic (exact) mass is 292 g/mol. The Morgan fingerprint density at radius 2 is 1.73 bits per heavy atom.